The van der Waals surface area contributed by atoms with E-state index < -0.39 is 16.1 Å². The molecule has 2 aliphatic carbocycles. The topological polar surface area (TPSA) is 18.5 Å². The first-order chi connectivity index (χ1) is 12.5. The third kappa shape index (κ3) is 4.62. The van der Waals surface area contributed by atoms with Gasteiger partial charge in [0.05, 0.1) is 46.6 Å². The van der Waals surface area contributed by atoms with Crippen LogP contribution in [-0.2, 0) is 26.3 Å². The number of methoxy groups -OCH3 is 1. The Hall–Kier alpha value is 0.270. The van der Waals surface area contributed by atoms with E-state index in [1.54, 1.807) is 17.5 Å². The van der Waals surface area contributed by atoms with Gasteiger partial charge >= 0.3 is 0 Å². The van der Waals surface area contributed by atoms with Crippen molar-refractivity contribution in [1.82, 2.24) is 0 Å². The number of ether oxygens (including phenoxy) is 2. The Kier molecular flexibility index (Phi) is 7.70. The summed E-state index contributed by atoms with van der Waals surface area (Å²) in [5, 5.41) is 4.37. The second-order valence-corrected chi connectivity index (χ2v) is 21.2. The van der Waals surface area contributed by atoms with Crippen molar-refractivity contribution in [3.8, 4) is 0 Å². The van der Waals surface area contributed by atoms with Crippen LogP contribution in [0.5, 0.6) is 0 Å². The molecule has 0 amide bonds. The number of hydrogen-bond acceptors (Lipinski definition) is 3. The summed E-state index contributed by atoms with van der Waals surface area (Å²) in [4.78, 5) is 0. The molecule has 0 aromatic rings. The first kappa shape index (κ1) is 24.5. The predicted octanol–water partition coefficient (Wildman–Crippen LogP) is 5.62. The minimum Gasteiger partial charge on any atom is -0.491 e. The molecule has 6 radical (unpaired) electrons. The van der Waals surface area contributed by atoms with Crippen LogP contribution in [0.3, 0.4) is 0 Å². The fourth-order valence-electron chi connectivity index (χ4n) is 4.06. The molecule has 4 rings (SSSR count). The molecule has 0 unspecified atom stereocenters. The molecule has 2 heterocycles. The molecular weight excluding hydrogens is 443 g/mol. The van der Waals surface area contributed by atoms with Crippen molar-refractivity contribution in [2.75, 3.05) is 20.3 Å². The third-order valence-corrected chi connectivity index (χ3v) is 11.3. The Labute approximate surface area is 189 Å². The molecule has 2 atom stereocenters. The van der Waals surface area contributed by atoms with Crippen molar-refractivity contribution in [3.63, 3.8) is 0 Å². The molecule has 2 nitrogen and oxygen atoms in total. The van der Waals surface area contributed by atoms with E-state index >= 15 is 0 Å². The zero-order chi connectivity index (χ0) is 19.9. The first-order valence-corrected chi connectivity index (χ1v) is 17.5. The number of thioether (sulfide) groups is 1. The van der Waals surface area contributed by atoms with Gasteiger partial charge < -0.3 is 9.47 Å². The Balaban J connectivity index is 0.000000408. The monoisotopic (exact) mass is 476 g/mol. The van der Waals surface area contributed by atoms with Gasteiger partial charge in [0.15, 0.2) is 5.09 Å². The van der Waals surface area contributed by atoms with Crippen LogP contribution >= 0.6 is 11.8 Å². The average Bonchev–Trinajstić information content (AvgIpc) is 3.27. The third-order valence-electron chi connectivity index (χ3n) is 5.55. The van der Waals surface area contributed by atoms with Crippen LogP contribution in [0, 0.1) is 37.5 Å². The minimum absolute atomic E-state index is 0. The smallest absolute Gasteiger partial charge is 0.150 e. The molecule has 6 heteroatoms. The van der Waals surface area contributed by atoms with Crippen molar-refractivity contribution < 1.29 is 26.3 Å². The van der Waals surface area contributed by atoms with Crippen molar-refractivity contribution in [2.24, 2.45) is 5.41 Å². The fourth-order valence-corrected chi connectivity index (χ4v) is 10.9. The van der Waals surface area contributed by atoms with E-state index in [1.165, 1.54) is 0 Å². The van der Waals surface area contributed by atoms with Crippen LogP contribution < -0.4 is 0 Å². The van der Waals surface area contributed by atoms with Gasteiger partial charge in [-0.25, -0.2) is 0 Å². The average molecular weight is 477 g/mol. The molecule has 156 valence electrons. The van der Waals surface area contributed by atoms with E-state index in [1.807, 2.05) is 43.9 Å². The van der Waals surface area contributed by atoms with Crippen molar-refractivity contribution >= 4 is 27.9 Å². The molecule has 0 bridgehead atoms. The summed E-state index contributed by atoms with van der Waals surface area (Å²) in [6, 6.07) is 0. The van der Waals surface area contributed by atoms with E-state index in [0.717, 1.165) is 18.3 Å². The second-order valence-electron chi connectivity index (χ2n) is 9.77. The van der Waals surface area contributed by atoms with Gasteiger partial charge in [-0.05, 0) is 38.2 Å². The fraction of sp³-hybridized carbons (Fsp3) is 0.500. The van der Waals surface area contributed by atoms with Gasteiger partial charge in [0.1, 0.15) is 0 Å². The van der Waals surface area contributed by atoms with E-state index in [2.05, 4.69) is 57.5 Å². The number of allylic oxidation sites excluding steroid dienone is 2. The van der Waals surface area contributed by atoms with Gasteiger partial charge in [0.25, 0.3) is 0 Å². The summed E-state index contributed by atoms with van der Waals surface area (Å²) >= 11 is 1.87. The Morgan fingerprint density at radius 1 is 0.821 bits per heavy atom. The summed E-state index contributed by atoms with van der Waals surface area (Å²) in [6.07, 6.45) is 17.5. The van der Waals surface area contributed by atoms with Gasteiger partial charge in [-0.1, -0.05) is 73.6 Å². The maximum absolute atomic E-state index is 5.98. The van der Waals surface area contributed by atoms with Gasteiger partial charge in [0.2, 0.25) is 0 Å². The normalized spacial score (nSPS) is 31.5. The summed E-state index contributed by atoms with van der Waals surface area (Å²) in [6.45, 7) is 16.4. The van der Waals surface area contributed by atoms with Crippen molar-refractivity contribution in [1.29, 1.82) is 0 Å². The van der Waals surface area contributed by atoms with Crippen LogP contribution in [0.15, 0.2) is 33.7 Å². The Bertz CT molecular complexity index is 663. The molecule has 2 fully saturated rings. The van der Waals surface area contributed by atoms with Crippen molar-refractivity contribution in [2.45, 2.75) is 44.0 Å². The number of hydrogen-bond donors (Lipinski definition) is 0. The SMILES string of the molecule is COC1=C[C@]23C=C([Si](C)(C)C)C([Si](C)(C)C)=C[C@@]2(COC3)S1.[CH]1[CH][CH][CH][CH]1.[Co]. The Morgan fingerprint density at radius 3 is 1.79 bits per heavy atom. The standard InChI is InChI=1S/C17H28O2SSi2.C5H5.Co/c1-18-15-10-16-8-13(21(2,3)4)14(22(5,6)7)9-17(16,20-15)12-19-11-16;1-2-4-5-3-1;/h8-10H,11-12H2,1-7H3;1-5H;/t16-,17-;;/m0../s1. The van der Waals surface area contributed by atoms with Crippen LogP contribution in [-0.4, -0.2) is 41.2 Å². The maximum Gasteiger partial charge on any atom is 0.150 e. The molecule has 0 spiro atoms. The van der Waals surface area contributed by atoms with Gasteiger partial charge in [-0.3, -0.25) is 0 Å². The van der Waals surface area contributed by atoms with E-state index in [-0.39, 0.29) is 26.9 Å². The molecule has 0 N–H and O–H groups in total. The van der Waals surface area contributed by atoms with E-state index in [9.17, 15) is 0 Å². The Morgan fingerprint density at radius 2 is 1.32 bits per heavy atom. The largest absolute Gasteiger partial charge is 0.491 e. The predicted molar refractivity (Wildman–Crippen MR) is 123 cm³/mol. The summed E-state index contributed by atoms with van der Waals surface area (Å²) in [7, 11) is -1.01. The molecule has 0 aromatic heterocycles. The quantitative estimate of drug-likeness (QED) is 0.493. The molecule has 0 aromatic carbocycles. The second kappa shape index (κ2) is 8.79. The molecule has 1 saturated carbocycles. The molecular formula is C22H33CoO2SSi2. The molecule has 28 heavy (non-hydrogen) atoms. The first-order valence-electron chi connectivity index (χ1n) is 9.70. The zero-order valence-electron chi connectivity index (χ0n) is 18.1. The van der Waals surface area contributed by atoms with Gasteiger partial charge in [0, 0.05) is 16.8 Å². The summed E-state index contributed by atoms with van der Waals surface area (Å²) in [5.74, 6) is 0. The van der Waals surface area contributed by atoms with E-state index in [4.69, 9.17) is 9.47 Å². The molecule has 2 aliphatic heterocycles. The van der Waals surface area contributed by atoms with Crippen molar-refractivity contribution in [3.05, 3.63) is 65.8 Å². The summed E-state index contributed by atoms with van der Waals surface area (Å²) < 4.78 is 11.6. The number of rotatable bonds is 3. The van der Waals surface area contributed by atoms with Crippen LogP contribution in [0.2, 0.25) is 39.3 Å². The zero-order valence-corrected chi connectivity index (χ0v) is 21.9. The minimum atomic E-state index is -1.40. The molecule has 1 saturated heterocycles. The van der Waals surface area contributed by atoms with Crippen LogP contribution in [0.1, 0.15) is 0 Å². The maximum atomic E-state index is 5.98. The van der Waals surface area contributed by atoms with Gasteiger partial charge in [-0.2, -0.15) is 0 Å². The molecule has 4 aliphatic rings. The van der Waals surface area contributed by atoms with Crippen LogP contribution in [0.25, 0.3) is 0 Å². The van der Waals surface area contributed by atoms with E-state index in [0.29, 0.717) is 0 Å². The van der Waals surface area contributed by atoms with Crippen LogP contribution in [0.4, 0.5) is 0 Å². The van der Waals surface area contributed by atoms with Gasteiger partial charge in [-0.15, -0.1) is 0 Å². The summed E-state index contributed by atoms with van der Waals surface area (Å²) in [5.41, 5.74) is 0.00176.